The average molecular weight is 230 g/mol. The molecule has 92 valence electrons. The predicted molar refractivity (Wildman–Crippen MR) is 57.5 cm³/mol. The van der Waals surface area contributed by atoms with E-state index in [-0.39, 0.29) is 36.7 Å². The quantitative estimate of drug-likeness (QED) is 0.599. The number of hydrogen-bond donors (Lipinski definition) is 2. The Hall–Kier alpha value is -1.59. The van der Waals surface area contributed by atoms with Gasteiger partial charge in [0.15, 0.2) is 0 Å². The first-order chi connectivity index (χ1) is 7.47. The molecular formula is C10H18N2O4. The van der Waals surface area contributed by atoms with Gasteiger partial charge in [-0.05, 0) is 0 Å². The summed E-state index contributed by atoms with van der Waals surface area (Å²) in [4.78, 5) is 32.8. The zero-order valence-electron chi connectivity index (χ0n) is 9.83. The fourth-order valence-corrected chi connectivity index (χ4v) is 0.954. The van der Waals surface area contributed by atoms with Crippen molar-refractivity contribution in [2.75, 3.05) is 20.2 Å². The average Bonchev–Trinajstić information content (AvgIpc) is 2.25. The van der Waals surface area contributed by atoms with E-state index in [1.54, 1.807) is 6.92 Å². The number of nitrogens with one attached hydrogen (secondary N) is 2. The summed E-state index contributed by atoms with van der Waals surface area (Å²) in [6.45, 7) is 3.63. The summed E-state index contributed by atoms with van der Waals surface area (Å²) >= 11 is 0. The van der Waals surface area contributed by atoms with Gasteiger partial charge in [0.1, 0.15) is 0 Å². The maximum atomic E-state index is 11.4. The van der Waals surface area contributed by atoms with Crippen LogP contribution in [0.3, 0.4) is 0 Å². The van der Waals surface area contributed by atoms with Gasteiger partial charge in [-0.1, -0.05) is 6.92 Å². The number of carbonyl (C=O) groups excluding carboxylic acids is 3. The van der Waals surface area contributed by atoms with Crippen LogP contribution in [-0.4, -0.2) is 38.0 Å². The van der Waals surface area contributed by atoms with Crippen molar-refractivity contribution >= 4 is 17.8 Å². The molecule has 0 radical (unpaired) electrons. The zero-order chi connectivity index (χ0) is 12.6. The minimum atomic E-state index is -0.366. The second-order valence-electron chi connectivity index (χ2n) is 3.46. The monoisotopic (exact) mass is 230 g/mol. The van der Waals surface area contributed by atoms with Crippen molar-refractivity contribution in [1.82, 2.24) is 10.6 Å². The van der Waals surface area contributed by atoms with Crippen LogP contribution in [0.4, 0.5) is 0 Å². The molecule has 0 saturated carbocycles. The van der Waals surface area contributed by atoms with E-state index in [2.05, 4.69) is 15.4 Å². The Bertz CT molecular complexity index is 266. The minimum absolute atomic E-state index is 0.148. The van der Waals surface area contributed by atoms with Crippen LogP contribution in [0, 0.1) is 5.92 Å². The molecule has 0 aliphatic heterocycles. The van der Waals surface area contributed by atoms with Crippen molar-refractivity contribution in [2.24, 2.45) is 5.92 Å². The third kappa shape index (κ3) is 6.80. The van der Waals surface area contributed by atoms with Gasteiger partial charge >= 0.3 is 5.97 Å². The maximum Gasteiger partial charge on any atom is 0.307 e. The van der Waals surface area contributed by atoms with Gasteiger partial charge in [-0.15, -0.1) is 0 Å². The molecule has 1 atom stereocenters. The summed E-state index contributed by atoms with van der Waals surface area (Å²) in [5, 5.41) is 5.13. The molecule has 0 fully saturated rings. The molecule has 2 N–H and O–H groups in total. The Morgan fingerprint density at radius 2 is 1.88 bits per heavy atom. The number of esters is 1. The predicted octanol–water partition coefficient (Wildman–Crippen LogP) is -0.562. The lowest BCUT2D eigenvalue weighted by atomic mass is 10.1. The number of rotatable bonds is 6. The van der Waals surface area contributed by atoms with E-state index in [4.69, 9.17) is 0 Å². The molecule has 0 aromatic rings. The Kier molecular flexibility index (Phi) is 6.91. The highest BCUT2D eigenvalue weighted by molar-refractivity contribution is 5.80. The largest absolute Gasteiger partial charge is 0.469 e. The van der Waals surface area contributed by atoms with Crippen molar-refractivity contribution in [3.8, 4) is 0 Å². The molecule has 0 spiro atoms. The summed E-state index contributed by atoms with van der Waals surface area (Å²) in [5.41, 5.74) is 0. The number of hydrogen-bond acceptors (Lipinski definition) is 4. The zero-order valence-corrected chi connectivity index (χ0v) is 9.83. The van der Waals surface area contributed by atoms with Crippen LogP contribution >= 0.6 is 0 Å². The van der Waals surface area contributed by atoms with Crippen LogP contribution in [0.25, 0.3) is 0 Å². The van der Waals surface area contributed by atoms with Crippen LogP contribution in [0.15, 0.2) is 0 Å². The lowest BCUT2D eigenvalue weighted by Gasteiger charge is -2.11. The van der Waals surface area contributed by atoms with E-state index in [1.165, 1.54) is 14.0 Å². The van der Waals surface area contributed by atoms with Crippen LogP contribution in [0.5, 0.6) is 0 Å². The lowest BCUT2D eigenvalue weighted by Crippen LogP contribution is -2.37. The number of carbonyl (C=O) groups is 3. The van der Waals surface area contributed by atoms with E-state index in [0.717, 1.165) is 0 Å². The second-order valence-corrected chi connectivity index (χ2v) is 3.46. The van der Waals surface area contributed by atoms with Crippen molar-refractivity contribution in [3.05, 3.63) is 0 Å². The van der Waals surface area contributed by atoms with Crippen molar-refractivity contribution in [3.63, 3.8) is 0 Å². The van der Waals surface area contributed by atoms with Gasteiger partial charge in [-0.3, -0.25) is 14.4 Å². The number of ether oxygens (including phenoxy) is 1. The first-order valence-corrected chi connectivity index (χ1v) is 5.06. The van der Waals surface area contributed by atoms with Gasteiger partial charge in [-0.25, -0.2) is 0 Å². The summed E-state index contributed by atoms with van der Waals surface area (Å²) in [7, 11) is 1.30. The van der Waals surface area contributed by atoms with E-state index in [1.807, 2.05) is 0 Å². The molecule has 6 nitrogen and oxygen atoms in total. The van der Waals surface area contributed by atoms with E-state index < -0.39 is 0 Å². The third-order valence-corrected chi connectivity index (χ3v) is 1.96. The molecule has 0 rings (SSSR count). The molecule has 0 aromatic heterocycles. The molecule has 2 amide bonds. The molecule has 0 bridgehead atoms. The number of amides is 2. The molecule has 0 aromatic carbocycles. The summed E-state index contributed by atoms with van der Waals surface area (Å²) in [5.74, 6) is -1.05. The normalized spacial score (nSPS) is 11.4. The van der Waals surface area contributed by atoms with E-state index in [9.17, 15) is 14.4 Å². The standard InChI is InChI=1S/C10H18N2O4/c1-7(6-12-8(2)13)10(15)11-5-4-9(14)16-3/h7H,4-6H2,1-3H3,(H,11,15)(H,12,13)/t7-/m1/s1. The summed E-state index contributed by atoms with van der Waals surface area (Å²) in [6, 6.07) is 0. The molecule has 0 aliphatic rings. The van der Waals surface area contributed by atoms with Crippen LogP contribution in [0.1, 0.15) is 20.3 Å². The van der Waals surface area contributed by atoms with Crippen LogP contribution < -0.4 is 10.6 Å². The smallest absolute Gasteiger partial charge is 0.307 e. The first kappa shape index (κ1) is 14.4. The highest BCUT2D eigenvalue weighted by atomic mass is 16.5. The highest BCUT2D eigenvalue weighted by Crippen LogP contribution is 1.92. The van der Waals surface area contributed by atoms with Crippen LogP contribution in [-0.2, 0) is 19.1 Å². The molecular weight excluding hydrogens is 212 g/mol. The second kappa shape index (κ2) is 7.67. The Morgan fingerprint density at radius 1 is 1.25 bits per heavy atom. The van der Waals surface area contributed by atoms with E-state index in [0.29, 0.717) is 6.54 Å². The minimum Gasteiger partial charge on any atom is -0.469 e. The maximum absolute atomic E-state index is 11.4. The van der Waals surface area contributed by atoms with Gasteiger partial charge in [0.05, 0.1) is 19.4 Å². The van der Waals surface area contributed by atoms with Crippen molar-refractivity contribution in [1.29, 1.82) is 0 Å². The van der Waals surface area contributed by atoms with Gasteiger partial charge in [0.25, 0.3) is 0 Å². The Morgan fingerprint density at radius 3 is 2.38 bits per heavy atom. The molecule has 6 heteroatoms. The molecule has 0 aliphatic carbocycles. The van der Waals surface area contributed by atoms with Crippen LogP contribution in [0.2, 0.25) is 0 Å². The highest BCUT2D eigenvalue weighted by Gasteiger charge is 2.12. The van der Waals surface area contributed by atoms with Crippen molar-refractivity contribution in [2.45, 2.75) is 20.3 Å². The Balaban J connectivity index is 3.71. The van der Waals surface area contributed by atoms with Gasteiger partial charge < -0.3 is 15.4 Å². The first-order valence-electron chi connectivity index (χ1n) is 5.06. The topological polar surface area (TPSA) is 84.5 Å². The van der Waals surface area contributed by atoms with Gasteiger partial charge in [-0.2, -0.15) is 0 Å². The number of methoxy groups -OCH3 is 1. The molecule has 0 saturated heterocycles. The lowest BCUT2D eigenvalue weighted by molar-refractivity contribution is -0.140. The third-order valence-electron chi connectivity index (χ3n) is 1.96. The summed E-state index contributed by atoms with van der Waals surface area (Å²) < 4.78 is 4.42. The fourth-order valence-electron chi connectivity index (χ4n) is 0.954. The molecule has 16 heavy (non-hydrogen) atoms. The molecule has 0 heterocycles. The fraction of sp³-hybridized carbons (Fsp3) is 0.700. The molecule has 0 unspecified atom stereocenters. The Labute approximate surface area is 94.7 Å². The van der Waals surface area contributed by atoms with Gasteiger partial charge in [0.2, 0.25) is 11.8 Å². The SMILES string of the molecule is COC(=O)CCNC(=O)[C@H](C)CNC(C)=O. The van der Waals surface area contributed by atoms with E-state index >= 15 is 0 Å². The summed E-state index contributed by atoms with van der Waals surface area (Å²) in [6.07, 6.45) is 0.148. The van der Waals surface area contributed by atoms with Gasteiger partial charge in [0, 0.05) is 20.0 Å². The van der Waals surface area contributed by atoms with Crippen molar-refractivity contribution < 1.29 is 19.1 Å².